The summed E-state index contributed by atoms with van der Waals surface area (Å²) in [4.78, 5) is 36.1. The summed E-state index contributed by atoms with van der Waals surface area (Å²) in [7, 11) is 0. The minimum absolute atomic E-state index is 0.0780. The molecule has 2 fully saturated rings. The van der Waals surface area contributed by atoms with Crippen LogP contribution in [-0.2, 0) is 17.8 Å². The number of thiophene rings is 1. The zero-order valence-electron chi connectivity index (χ0n) is 18.0. The SMILES string of the molecule is Cc1nc2cc([C@H]3CCCN3Cc3cccs3)[nH]n2c(=O)c1CCC(=O)N1CCCC1. The summed E-state index contributed by atoms with van der Waals surface area (Å²) < 4.78 is 1.57. The van der Waals surface area contributed by atoms with Crippen LogP contribution < -0.4 is 5.56 Å². The van der Waals surface area contributed by atoms with Crippen LogP contribution in [-0.4, -0.2) is 49.9 Å². The Kier molecular flexibility index (Phi) is 5.67. The van der Waals surface area contributed by atoms with Gasteiger partial charge in [0.15, 0.2) is 5.65 Å². The molecule has 8 heteroatoms. The molecule has 7 nitrogen and oxygen atoms in total. The monoisotopic (exact) mass is 439 g/mol. The van der Waals surface area contributed by atoms with Crippen LogP contribution in [0.5, 0.6) is 0 Å². The Bertz CT molecular complexity index is 1130. The lowest BCUT2D eigenvalue weighted by Crippen LogP contribution is -2.29. The molecule has 0 bridgehead atoms. The third kappa shape index (κ3) is 4.06. The lowest BCUT2D eigenvalue weighted by molar-refractivity contribution is -0.130. The molecule has 3 aromatic heterocycles. The predicted octanol–water partition coefficient (Wildman–Crippen LogP) is 3.28. The van der Waals surface area contributed by atoms with Gasteiger partial charge in [-0.1, -0.05) is 6.07 Å². The van der Waals surface area contributed by atoms with E-state index in [1.807, 2.05) is 17.9 Å². The number of rotatable bonds is 6. The van der Waals surface area contributed by atoms with Gasteiger partial charge in [-0.15, -0.1) is 11.3 Å². The summed E-state index contributed by atoms with van der Waals surface area (Å²) in [5.74, 6) is 0.142. The number of nitrogens with zero attached hydrogens (tertiary/aromatic N) is 4. The Morgan fingerprint density at radius 2 is 2.10 bits per heavy atom. The molecule has 2 aliphatic heterocycles. The van der Waals surface area contributed by atoms with Crippen LogP contribution in [0.4, 0.5) is 0 Å². The van der Waals surface area contributed by atoms with Gasteiger partial charge < -0.3 is 4.90 Å². The molecule has 1 amide bonds. The second kappa shape index (κ2) is 8.59. The van der Waals surface area contributed by atoms with Crippen LogP contribution in [0, 0.1) is 6.92 Å². The predicted molar refractivity (Wildman–Crippen MR) is 121 cm³/mol. The third-order valence-corrected chi connectivity index (χ3v) is 7.51. The van der Waals surface area contributed by atoms with Gasteiger partial charge in [0.25, 0.3) is 5.56 Å². The van der Waals surface area contributed by atoms with Crippen molar-refractivity contribution in [3.8, 4) is 0 Å². The largest absolute Gasteiger partial charge is 0.343 e. The fraction of sp³-hybridized carbons (Fsp3) is 0.522. The van der Waals surface area contributed by atoms with Gasteiger partial charge in [-0.25, -0.2) is 9.50 Å². The van der Waals surface area contributed by atoms with E-state index in [9.17, 15) is 9.59 Å². The lowest BCUT2D eigenvalue weighted by atomic mass is 10.1. The normalized spacial score (nSPS) is 19.6. The molecule has 0 saturated carbocycles. The van der Waals surface area contributed by atoms with Gasteiger partial charge in [-0.2, -0.15) is 0 Å². The number of carbonyl (C=O) groups excluding carboxylic acids is 1. The first-order valence-corrected chi connectivity index (χ1v) is 12.1. The van der Waals surface area contributed by atoms with Crippen LogP contribution >= 0.6 is 11.3 Å². The second-order valence-electron chi connectivity index (χ2n) is 8.68. The maximum Gasteiger partial charge on any atom is 0.276 e. The Balaban J connectivity index is 1.37. The van der Waals surface area contributed by atoms with Gasteiger partial charge in [0, 0.05) is 48.3 Å². The number of H-pyrrole nitrogens is 1. The Labute approximate surface area is 185 Å². The van der Waals surface area contributed by atoms with E-state index >= 15 is 0 Å². The lowest BCUT2D eigenvalue weighted by Gasteiger charge is -2.22. The standard InChI is InChI=1S/C23H29N5O2S/c1-16-18(8-9-22(29)26-10-2-3-11-26)23(30)28-21(24-16)14-19(25-28)20-7-4-12-27(20)15-17-6-5-13-31-17/h5-6,13-14,20,25H,2-4,7-12,15H2,1H3/t20-/m1/s1. The number of aromatic amines is 1. The molecule has 2 aliphatic rings. The van der Waals surface area contributed by atoms with Crippen LogP contribution in [0.1, 0.15) is 60.0 Å². The number of aromatic nitrogens is 3. The Morgan fingerprint density at radius 3 is 2.87 bits per heavy atom. The average Bonchev–Trinajstić information content (AvgIpc) is 3.54. The first kappa shape index (κ1) is 20.5. The molecular formula is C23H29N5O2S. The maximum atomic E-state index is 13.2. The van der Waals surface area contributed by atoms with Gasteiger partial charge in [0.05, 0.1) is 11.7 Å². The molecule has 2 saturated heterocycles. The summed E-state index contributed by atoms with van der Waals surface area (Å²) in [6.07, 6.45) is 5.19. The summed E-state index contributed by atoms with van der Waals surface area (Å²) in [6, 6.07) is 6.56. The van der Waals surface area contributed by atoms with Crippen molar-refractivity contribution in [3.63, 3.8) is 0 Å². The topological polar surface area (TPSA) is 73.7 Å². The highest BCUT2D eigenvalue weighted by Gasteiger charge is 2.28. The summed E-state index contributed by atoms with van der Waals surface area (Å²) in [6.45, 7) is 5.56. The number of nitrogens with one attached hydrogen (secondary N) is 1. The van der Waals surface area contributed by atoms with Crippen LogP contribution in [0.3, 0.4) is 0 Å². The Morgan fingerprint density at radius 1 is 1.26 bits per heavy atom. The molecule has 5 heterocycles. The number of fused-ring (bicyclic) bond motifs is 1. The number of hydrogen-bond acceptors (Lipinski definition) is 5. The van der Waals surface area contributed by atoms with E-state index in [1.54, 1.807) is 15.9 Å². The zero-order valence-corrected chi connectivity index (χ0v) is 18.8. The third-order valence-electron chi connectivity index (χ3n) is 6.64. The minimum atomic E-state index is -0.0780. The first-order valence-electron chi connectivity index (χ1n) is 11.3. The van der Waals surface area contributed by atoms with E-state index in [2.05, 4.69) is 27.5 Å². The summed E-state index contributed by atoms with van der Waals surface area (Å²) in [5.41, 5.74) is 3.00. The van der Waals surface area contributed by atoms with E-state index in [0.29, 0.717) is 24.1 Å². The molecular weight excluding hydrogens is 410 g/mol. The van der Waals surface area contributed by atoms with Crippen molar-refractivity contribution in [1.82, 2.24) is 24.4 Å². The van der Waals surface area contributed by atoms with Crippen LogP contribution in [0.15, 0.2) is 28.4 Å². The van der Waals surface area contributed by atoms with Gasteiger partial charge in [0.2, 0.25) is 5.91 Å². The van der Waals surface area contributed by atoms with Gasteiger partial charge in [-0.3, -0.25) is 19.6 Å². The van der Waals surface area contributed by atoms with Gasteiger partial charge in [0.1, 0.15) is 0 Å². The van der Waals surface area contributed by atoms with E-state index in [4.69, 9.17) is 4.98 Å². The molecule has 0 aliphatic carbocycles. The van der Waals surface area contributed by atoms with E-state index in [1.165, 1.54) is 4.88 Å². The highest BCUT2D eigenvalue weighted by atomic mass is 32.1. The zero-order chi connectivity index (χ0) is 21.4. The first-order chi connectivity index (χ1) is 15.1. The molecule has 0 spiro atoms. The average molecular weight is 440 g/mol. The van der Waals surface area contributed by atoms with E-state index < -0.39 is 0 Å². The van der Waals surface area contributed by atoms with Crippen molar-refractivity contribution in [3.05, 3.63) is 55.8 Å². The van der Waals surface area contributed by atoms with E-state index in [0.717, 1.165) is 63.3 Å². The smallest absolute Gasteiger partial charge is 0.276 e. The minimum Gasteiger partial charge on any atom is -0.343 e. The fourth-order valence-electron chi connectivity index (χ4n) is 4.97. The molecule has 5 rings (SSSR count). The van der Waals surface area contributed by atoms with Crippen molar-refractivity contribution >= 4 is 22.9 Å². The van der Waals surface area contributed by atoms with Crippen molar-refractivity contribution in [1.29, 1.82) is 0 Å². The molecule has 1 N–H and O–H groups in total. The van der Waals surface area contributed by atoms with Crippen molar-refractivity contribution in [2.24, 2.45) is 0 Å². The maximum absolute atomic E-state index is 13.2. The van der Waals surface area contributed by atoms with Crippen LogP contribution in [0.25, 0.3) is 5.65 Å². The number of aryl methyl sites for hydroxylation is 1. The number of hydrogen-bond donors (Lipinski definition) is 1. The molecule has 31 heavy (non-hydrogen) atoms. The molecule has 164 valence electrons. The number of amides is 1. The molecule has 0 radical (unpaired) electrons. The van der Waals surface area contributed by atoms with Crippen molar-refractivity contribution in [2.45, 2.75) is 58.0 Å². The van der Waals surface area contributed by atoms with Gasteiger partial charge in [-0.05, 0) is 57.0 Å². The molecule has 1 atom stereocenters. The van der Waals surface area contributed by atoms with Crippen LogP contribution in [0.2, 0.25) is 0 Å². The number of carbonyl (C=O) groups is 1. The second-order valence-corrected chi connectivity index (χ2v) is 9.71. The highest BCUT2D eigenvalue weighted by Crippen LogP contribution is 2.33. The number of likely N-dealkylation sites (tertiary alicyclic amines) is 2. The van der Waals surface area contributed by atoms with Crippen molar-refractivity contribution in [2.75, 3.05) is 19.6 Å². The quantitative estimate of drug-likeness (QED) is 0.640. The van der Waals surface area contributed by atoms with Gasteiger partial charge >= 0.3 is 0 Å². The summed E-state index contributed by atoms with van der Waals surface area (Å²) >= 11 is 1.78. The molecule has 0 unspecified atom stereocenters. The Hall–Kier alpha value is -2.45. The fourth-order valence-corrected chi connectivity index (χ4v) is 5.70. The molecule has 3 aromatic rings. The van der Waals surface area contributed by atoms with E-state index in [-0.39, 0.29) is 17.5 Å². The highest BCUT2D eigenvalue weighted by molar-refractivity contribution is 7.09. The summed E-state index contributed by atoms with van der Waals surface area (Å²) in [5, 5.41) is 5.45. The molecule has 0 aromatic carbocycles. The van der Waals surface area contributed by atoms with Crippen molar-refractivity contribution < 1.29 is 4.79 Å².